The van der Waals surface area contributed by atoms with E-state index in [0.717, 1.165) is 16.8 Å². The molecule has 0 saturated carbocycles. The SMILES string of the molecule is CCOC(=O)c1ccccc1OC(C)c1c(-c2ccccc2)n[nH]c1Cl. The van der Waals surface area contributed by atoms with Crippen LogP contribution in [0.15, 0.2) is 54.6 Å². The highest BCUT2D eigenvalue weighted by Gasteiger charge is 2.23. The first-order chi connectivity index (χ1) is 12.6. The molecule has 0 saturated heterocycles. The van der Waals surface area contributed by atoms with Gasteiger partial charge in [-0.1, -0.05) is 54.1 Å². The molecule has 134 valence electrons. The van der Waals surface area contributed by atoms with Gasteiger partial charge in [0.2, 0.25) is 0 Å². The van der Waals surface area contributed by atoms with Gasteiger partial charge in [-0.25, -0.2) is 4.79 Å². The number of carbonyl (C=O) groups is 1. The second-order valence-corrected chi connectivity index (χ2v) is 6.02. The molecular formula is C20H19ClN2O3. The molecule has 0 bridgehead atoms. The van der Waals surface area contributed by atoms with Gasteiger partial charge in [-0.05, 0) is 26.0 Å². The zero-order chi connectivity index (χ0) is 18.5. The highest BCUT2D eigenvalue weighted by molar-refractivity contribution is 6.30. The summed E-state index contributed by atoms with van der Waals surface area (Å²) in [6.45, 7) is 3.93. The van der Waals surface area contributed by atoms with Crippen LogP contribution in [-0.4, -0.2) is 22.8 Å². The summed E-state index contributed by atoms with van der Waals surface area (Å²) in [5.41, 5.74) is 2.76. The van der Waals surface area contributed by atoms with E-state index in [2.05, 4.69) is 10.2 Å². The number of benzene rings is 2. The fourth-order valence-corrected chi connectivity index (χ4v) is 3.00. The van der Waals surface area contributed by atoms with Crippen molar-refractivity contribution in [3.05, 3.63) is 70.9 Å². The third-order valence-corrected chi connectivity index (χ3v) is 4.19. The lowest BCUT2D eigenvalue weighted by molar-refractivity contribution is 0.0519. The first-order valence-corrected chi connectivity index (χ1v) is 8.71. The zero-order valence-corrected chi connectivity index (χ0v) is 15.3. The Morgan fingerprint density at radius 2 is 1.85 bits per heavy atom. The third kappa shape index (κ3) is 3.73. The van der Waals surface area contributed by atoms with Crippen molar-refractivity contribution in [3.8, 4) is 17.0 Å². The van der Waals surface area contributed by atoms with Crippen molar-refractivity contribution < 1.29 is 14.3 Å². The maximum Gasteiger partial charge on any atom is 0.341 e. The van der Waals surface area contributed by atoms with Crippen molar-refractivity contribution >= 4 is 17.6 Å². The fourth-order valence-electron chi connectivity index (χ4n) is 2.71. The van der Waals surface area contributed by atoms with Gasteiger partial charge in [0.15, 0.2) is 0 Å². The fraction of sp³-hybridized carbons (Fsp3) is 0.200. The Morgan fingerprint density at radius 3 is 2.58 bits per heavy atom. The Kier molecular flexibility index (Phi) is 5.58. The lowest BCUT2D eigenvalue weighted by Gasteiger charge is -2.17. The molecule has 3 aromatic rings. The number of nitrogens with one attached hydrogen (secondary N) is 1. The molecule has 3 rings (SSSR count). The van der Waals surface area contributed by atoms with Gasteiger partial charge in [-0.3, -0.25) is 5.10 Å². The average Bonchev–Trinajstić information content (AvgIpc) is 3.04. The standard InChI is InChI=1S/C20H19ClN2O3/c1-3-25-20(24)15-11-7-8-12-16(15)26-13(2)17-18(22-23-19(17)21)14-9-5-4-6-10-14/h4-13H,3H2,1-2H3,(H,22,23). The van der Waals surface area contributed by atoms with Gasteiger partial charge in [0, 0.05) is 5.56 Å². The lowest BCUT2D eigenvalue weighted by Crippen LogP contribution is -2.10. The maximum atomic E-state index is 12.1. The zero-order valence-electron chi connectivity index (χ0n) is 14.5. The van der Waals surface area contributed by atoms with Crippen molar-refractivity contribution in [2.24, 2.45) is 0 Å². The van der Waals surface area contributed by atoms with Crippen LogP contribution in [0, 0.1) is 0 Å². The summed E-state index contributed by atoms with van der Waals surface area (Å²) in [6, 6.07) is 16.7. The Labute approximate surface area is 156 Å². The molecule has 1 aromatic heterocycles. The van der Waals surface area contributed by atoms with Gasteiger partial charge in [0.05, 0.1) is 12.2 Å². The van der Waals surface area contributed by atoms with E-state index >= 15 is 0 Å². The molecule has 1 unspecified atom stereocenters. The van der Waals surface area contributed by atoms with Crippen LogP contribution in [0.2, 0.25) is 5.15 Å². The summed E-state index contributed by atoms with van der Waals surface area (Å²) in [5, 5.41) is 7.52. The monoisotopic (exact) mass is 370 g/mol. The number of rotatable bonds is 6. The number of para-hydroxylation sites is 1. The Balaban J connectivity index is 1.92. The Hall–Kier alpha value is -2.79. The molecule has 0 fully saturated rings. The van der Waals surface area contributed by atoms with Crippen LogP contribution in [0.5, 0.6) is 5.75 Å². The van der Waals surface area contributed by atoms with Crippen molar-refractivity contribution in [2.75, 3.05) is 6.61 Å². The molecule has 0 spiro atoms. The molecule has 1 N–H and O–H groups in total. The number of esters is 1. The van der Waals surface area contributed by atoms with E-state index in [9.17, 15) is 4.79 Å². The number of halogens is 1. The van der Waals surface area contributed by atoms with E-state index in [1.807, 2.05) is 37.3 Å². The van der Waals surface area contributed by atoms with E-state index in [1.54, 1.807) is 31.2 Å². The van der Waals surface area contributed by atoms with E-state index in [-0.39, 0.29) is 0 Å². The quantitative estimate of drug-likeness (QED) is 0.617. The van der Waals surface area contributed by atoms with Crippen LogP contribution in [0.3, 0.4) is 0 Å². The van der Waals surface area contributed by atoms with Crippen molar-refractivity contribution in [1.29, 1.82) is 0 Å². The molecule has 1 atom stereocenters. The van der Waals surface area contributed by atoms with E-state index in [0.29, 0.717) is 23.1 Å². The number of carbonyl (C=O) groups excluding carboxylic acids is 1. The van der Waals surface area contributed by atoms with Crippen LogP contribution in [0.1, 0.15) is 35.9 Å². The molecule has 5 nitrogen and oxygen atoms in total. The molecule has 26 heavy (non-hydrogen) atoms. The summed E-state index contributed by atoms with van der Waals surface area (Å²) in [7, 11) is 0. The summed E-state index contributed by atoms with van der Waals surface area (Å²) in [5.74, 6) is 0.0200. The minimum atomic E-state index is -0.424. The van der Waals surface area contributed by atoms with Gasteiger partial charge in [0.25, 0.3) is 0 Å². The van der Waals surface area contributed by atoms with Gasteiger partial charge in [-0.15, -0.1) is 0 Å². The summed E-state index contributed by atoms with van der Waals surface area (Å²) in [4.78, 5) is 12.1. The minimum absolute atomic E-state index is 0.300. The normalized spacial score (nSPS) is 11.8. The van der Waals surface area contributed by atoms with E-state index in [4.69, 9.17) is 21.1 Å². The van der Waals surface area contributed by atoms with E-state index < -0.39 is 12.1 Å². The van der Waals surface area contributed by atoms with Crippen LogP contribution in [0.4, 0.5) is 0 Å². The Morgan fingerprint density at radius 1 is 1.15 bits per heavy atom. The number of H-pyrrole nitrogens is 1. The lowest BCUT2D eigenvalue weighted by atomic mass is 10.0. The Bertz CT molecular complexity index is 893. The number of aromatic amines is 1. The van der Waals surface area contributed by atoms with Crippen LogP contribution in [-0.2, 0) is 4.74 Å². The molecule has 0 aliphatic carbocycles. The smallest absolute Gasteiger partial charge is 0.341 e. The molecule has 0 amide bonds. The summed E-state index contributed by atoms with van der Waals surface area (Å²) >= 11 is 6.32. The third-order valence-electron chi connectivity index (χ3n) is 3.90. The predicted molar refractivity (Wildman–Crippen MR) is 100 cm³/mol. The van der Waals surface area contributed by atoms with Crippen molar-refractivity contribution in [3.63, 3.8) is 0 Å². The molecular weight excluding hydrogens is 352 g/mol. The van der Waals surface area contributed by atoms with Gasteiger partial charge >= 0.3 is 5.97 Å². The van der Waals surface area contributed by atoms with Crippen molar-refractivity contribution in [1.82, 2.24) is 10.2 Å². The van der Waals surface area contributed by atoms with Crippen molar-refractivity contribution in [2.45, 2.75) is 20.0 Å². The largest absolute Gasteiger partial charge is 0.485 e. The minimum Gasteiger partial charge on any atom is -0.485 e. The van der Waals surface area contributed by atoms with Crippen LogP contribution < -0.4 is 4.74 Å². The van der Waals surface area contributed by atoms with Gasteiger partial charge < -0.3 is 9.47 Å². The summed E-state index contributed by atoms with van der Waals surface area (Å²) in [6.07, 6.45) is -0.424. The first-order valence-electron chi connectivity index (χ1n) is 8.33. The molecule has 6 heteroatoms. The first kappa shape index (κ1) is 18.0. The molecule has 2 aromatic carbocycles. The second-order valence-electron chi connectivity index (χ2n) is 5.64. The molecule has 1 heterocycles. The topological polar surface area (TPSA) is 64.2 Å². The average molecular weight is 371 g/mol. The number of ether oxygens (including phenoxy) is 2. The van der Waals surface area contributed by atoms with E-state index in [1.165, 1.54) is 0 Å². The highest BCUT2D eigenvalue weighted by Crippen LogP contribution is 2.35. The molecule has 0 aliphatic heterocycles. The second kappa shape index (κ2) is 8.06. The molecule has 0 aliphatic rings. The maximum absolute atomic E-state index is 12.1. The number of aromatic nitrogens is 2. The number of hydrogen-bond acceptors (Lipinski definition) is 4. The summed E-state index contributed by atoms with van der Waals surface area (Å²) < 4.78 is 11.1. The predicted octanol–water partition coefficient (Wildman–Crippen LogP) is 5.05. The van der Waals surface area contributed by atoms with Gasteiger partial charge in [0.1, 0.15) is 28.3 Å². The van der Waals surface area contributed by atoms with Gasteiger partial charge in [-0.2, -0.15) is 5.10 Å². The number of hydrogen-bond donors (Lipinski definition) is 1. The molecule has 0 radical (unpaired) electrons. The van der Waals surface area contributed by atoms with Crippen LogP contribution in [0.25, 0.3) is 11.3 Å². The highest BCUT2D eigenvalue weighted by atomic mass is 35.5. The number of nitrogens with zero attached hydrogens (tertiary/aromatic N) is 1. The van der Waals surface area contributed by atoms with Crippen LogP contribution >= 0.6 is 11.6 Å².